The van der Waals surface area contributed by atoms with Crippen molar-refractivity contribution in [2.24, 2.45) is 0 Å². The maximum absolute atomic E-state index is 10.2. The third-order valence-corrected chi connectivity index (χ3v) is 3.27. The molecule has 0 aromatic heterocycles. The average molecular weight is 256 g/mol. The molecule has 0 aliphatic rings. The first-order chi connectivity index (χ1) is 9.08. The molecule has 0 saturated carbocycles. The van der Waals surface area contributed by atoms with E-state index >= 15 is 0 Å². The average Bonchev–Trinajstić information content (AvgIpc) is 2.37. The van der Waals surface area contributed by atoms with Gasteiger partial charge in [0.05, 0.1) is 0 Å². The van der Waals surface area contributed by atoms with E-state index in [1.807, 2.05) is 57.2 Å². The van der Waals surface area contributed by atoms with E-state index in [0.717, 1.165) is 22.4 Å². The highest BCUT2D eigenvalue weighted by Crippen LogP contribution is 2.22. The van der Waals surface area contributed by atoms with E-state index in [2.05, 4.69) is 6.07 Å². The van der Waals surface area contributed by atoms with Gasteiger partial charge >= 0.3 is 0 Å². The molecule has 0 spiro atoms. The summed E-state index contributed by atoms with van der Waals surface area (Å²) in [6.45, 7) is 6.33. The second kappa shape index (κ2) is 5.89. The first-order valence-electron chi connectivity index (χ1n) is 6.51. The van der Waals surface area contributed by atoms with Gasteiger partial charge in [-0.2, -0.15) is 0 Å². The molecule has 1 unspecified atom stereocenters. The van der Waals surface area contributed by atoms with Crippen molar-refractivity contribution in [2.75, 3.05) is 6.61 Å². The van der Waals surface area contributed by atoms with Gasteiger partial charge < -0.3 is 9.84 Å². The van der Waals surface area contributed by atoms with Crippen molar-refractivity contribution >= 4 is 0 Å². The van der Waals surface area contributed by atoms with Crippen LogP contribution in [0.25, 0.3) is 0 Å². The van der Waals surface area contributed by atoms with Crippen LogP contribution in [0.5, 0.6) is 5.75 Å². The minimum Gasteiger partial charge on any atom is -0.490 e. The molecular weight excluding hydrogens is 236 g/mol. The van der Waals surface area contributed by atoms with Gasteiger partial charge in [-0.05, 0) is 43.5 Å². The number of aliphatic hydroxyl groups excluding tert-OH is 1. The minimum absolute atomic E-state index is 0.273. The van der Waals surface area contributed by atoms with Crippen LogP contribution in [-0.4, -0.2) is 11.7 Å². The summed E-state index contributed by atoms with van der Waals surface area (Å²) in [7, 11) is 0. The van der Waals surface area contributed by atoms with Crippen LogP contribution in [-0.2, 0) is 0 Å². The summed E-state index contributed by atoms with van der Waals surface area (Å²) < 4.78 is 5.69. The number of benzene rings is 2. The van der Waals surface area contributed by atoms with Crippen molar-refractivity contribution in [3.05, 3.63) is 64.7 Å². The van der Waals surface area contributed by atoms with E-state index in [0.29, 0.717) is 0 Å². The van der Waals surface area contributed by atoms with Crippen LogP contribution >= 0.6 is 0 Å². The molecule has 19 heavy (non-hydrogen) atoms. The molecule has 100 valence electrons. The molecule has 0 aliphatic carbocycles. The van der Waals surface area contributed by atoms with Crippen molar-refractivity contribution in [3.8, 4) is 5.75 Å². The van der Waals surface area contributed by atoms with E-state index in [1.165, 1.54) is 5.56 Å². The highest BCUT2D eigenvalue weighted by Gasteiger charge is 2.11. The van der Waals surface area contributed by atoms with Crippen LogP contribution in [0.3, 0.4) is 0 Å². The van der Waals surface area contributed by atoms with E-state index < -0.39 is 6.10 Å². The van der Waals surface area contributed by atoms with Gasteiger partial charge in [-0.15, -0.1) is 0 Å². The Hall–Kier alpha value is -1.80. The van der Waals surface area contributed by atoms with E-state index in [1.54, 1.807) is 0 Å². The molecule has 2 nitrogen and oxygen atoms in total. The lowest BCUT2D eigenvalue weighted by Crippen LogP contribution is -2.11. The van der Waals surface area contributed by atoms with Crippen LogP contribution < -0.4 is 4.74 Å². The van der Waals surface area contributed by atoms with Crippen LogP contribution in [0, 0.1) is 20.8 Å². The highest BCUT2D eigenvalue weighted by molar-refractivity contribution is 5.33. The zero-order valence-electron chi connectivity index (χ0n) is 11.7. The molecule has 2 aromatic rings. The molecule has 2 rings (SSSR count). The maximum Gasteiger partial charge on any atom is 0.122 e. The molecule has 1 atom stereocenters. The number of hydrogen-bond acceptors (Lipinski definition) is 2. The molecule has 2 aromatic carbocycles. The fourth-order valence-electron chi connectivity index (χ4n) is 2.18. The zero-order chi connectivity index (χ0) is 13.8. The number of rotatable bonds is 4. The largest absolute Gasteiger partial charge is 0.490 e. The molecular formula is C17H20O2. The number of ether oxygens (including phenoxy) is 1. The summed E-state index contributed by atoms with van der Waals surface area (Å²) >= 11 is 0. The van der Waals surface area contributed by atoms with Crippen molar-refractivity contribution in [2.45, 2.75) is 26.9 Å². The van der Waals surface area contributed by atoms with Gasteiger partial charge in [-0.3, -0.25) is 0 Å². The number of hydrogen-bond donors (Lipinski definition) is 1. The highest BCUT2D eigenvalue weighted by atomic mass is 16.5. The van der Waals surface area contributed by atoms with Crippen molar-refractivity contribution in [3.63, 3.8) is 0 Å². The molecule has 1 N–H and O–H groups in total. The van der Waals surface area contributed by atoms with Crippen molar-refractivity contribution < 1.29 is 9.84 Å². The maximum atomic E-state index is 10.2. The smallest absolute Gasteiger partial charge is 0.122 e. The van der Waals surface area contributed by atoms with Crippen LogP contribution in [0.15, 0.2) is 42.5 Å². The van der Waals surface area contributed by atoms with Crippen molar-refractivity contribution in [1.29, 1.82) is 0 Å². The Balaban J connectivity index is 2.05. The minimum atomic E-state index is -0.597. The zero-order valence-corrected chi connectivity index (χ0v) is 11.7. The summed E-state index contributed by atoms with van der Waals surface area (Å²) in [5.74, 6) is 0.825. The lowest BCUT2D eigenvalue weighted by atomic mass is 10.0. The van der Waals surface area contributed by atoms with Gasteiger partial charge in [0.25, 0.3) is 0 Å². The predicted molar refractivity (Wildman–Crippen MR) is 77.5 cm³/mol. The Morgan fingerprint density at radius 3 is 2.42 bits per heavy atom. The van der Waals surface area contributed by atoms with E-state index in [9.17, 15) is 5.11 Å². The molecule has 0 amide bonds. The second-order valence-electron chi connectivity index (χ2n) is 4.95. The lowest BCUT2D eigenvalue weighted by Gasteiger charge is -2.16. The first kappa shape index (κ1) is 13.6. The van der Waals surface area contributed by atoms with Crippen LogP contribution in [0.1, 0.15) is 28.4 Å². The molecule has 0 bridgehead atoms. The summed E-state index contributed by atoms with van der Waals surface area (Å²) in [6.07, 6.45) is -0.597. The summed E-state index contributed by atoms with van der Waals surface area (Å²) in [4.78, 5) is 0. The quantitative estimate of drug-likeness (QED) is 0.903. The molecule has 0 saturated heterocycles. The van der Waals surface area contributed by atoms with Crippen LogP contribution in [0.4, 0.5) is 0 Å². The lowest BCUT2D eigenvalue weighted by molar-refractivity contribution is 0.107. The van der Waals surface area contributed by atoms with Crippen LogP contribution in [0.2, 0.25) is 0 Å². The number of aliphatic hydroxyl groups is 1. The molecule has 0 radical (unpaired) electrons. The van der Waals surface area contributed by atoms with E-state index in [4.69, 9.17) is 4.74 Å². The van der Waals surface area contributed by atoms with Gasteiger partial charge in [0.15, 0.2) is 0 Å². The monoisotopic (exact) mass is 256 g/mol. The molecule has 0 fully saturated rings. The molecule has 2 heteroatoms. The van der Waals surface area contributed by atoms with Gasteiger partial charge in [0.2, 0.25) is 0 Å². The Morgan fingerprint density at radius 1 is 1.00 bits per heavy atom. The Kier molecular flexibility index (Phi) is 4.23. The second-order valence-corrected chi connectivity index (χ2v) is 4.95. The Morgan fingerprint density at radius 2 is 1.74 bits per heavy atom. The predicted octanol–water partition coefficient (Wildman–Crippen LogP) is 3.72. The standard InChI is InChI=1S/C17H20O2/c1-12-8-9-15(14(3)10-12)16(18)11-19-17-7-5-4-6-13(17)2/h4-10,16,18H,11H2,1-3H3. The Bertz CT molecular complexity index is 561. The van der Waals surface area contributed by atoms with Gasteiger partial charge in [0, 0.05) is 0 Å². The third-order valence-electron chi connectivity index (χ3n) is 3.27. The summed E-state index contributed by atoms with van der Waals surface area (Å²) in [6, 6.07) is 13.9. The van der Waals surface area contributed by atoms with Crippen molar-refractivity contribution in [1.82, 2.24) is 0 Å². The summed E-state index contributed by atoms with van der Waals surface area (Å²) in [5, 5.41) is 10.2. The Labute approximate surface area is 114 Å². The number of para-hydroxylation sites is 1. The fraction of sp³-hybridized carbons (Fsp3) is 0.294. The molecule has 0 heterocycles. The SMILES string of the molecule is Cc1ccc(C(O)COc2ccccc2C)c(C)c1. The number of aryl methyl sites for hydroxylation is 3. The van der Waals surface area contributed by atoms with E-state index in [-0.39, 0.29) is 6.61 Å². The first-order valence-corrected chi connectivity index (χ1v) is 6.51. The third kappa shape index (κ3) is 3.36. The molecule has 0 aliphatic heterocycles. The van der Waals surface area contributed by atoms with Gasteiger partial charge in [-0.25, -0.2) is 0 Å². The van der Waals surface area contributed by atoms with Gasteiger partial charge in [-0.1, -0.05) is 42.0 Å². The topological polar surface area (TPSA) is 29.5 Å². The summed E-state index contributed by atoms with van der Waals surface area (Å²) in [5.41, 5.74) is 4.31. The van der Waals surface area contributed by atoms with Gasteiger partial charge in [0.1, 0.15) is 18.5 Å². The fourth-order valence-corrected chi connectivity index (χ4v) is 2.18. The normalized spacial score (nSPS) is 12.2.